The molecule has 0 bridgehead atoms. The Labute approximate surface area is 90.8 Å². The maximum Gasteiger partial charge on any atom is -0.147 e. The van der Waals surface area contributed by atoms with Crippen molar-refractivity contribution in [1.82, 2.24) is 0 Å². The Morgan fingerprint density at radius 1 is 1.25 bits per heavy atom. The largest absolute Gasteiger partial charge is 0.147 e. The van der Waals surface area contributed by atoms with E-state index in [1.807, 2.05) is 0 Å². The first kappa shape index (κ1) is 12.1. The van der Waals surface area contributed by atoms with Crippen molar-refractivity contribution in [2.24, 2.45) is 0 Å². The van der Waals surface area contributed by atoms with Gasteiger partial charge in [0.25, 0.3) is 0 Å². The van der Waals surface area contributed by atoms with Gasteiger partial charge in [-0.2, -0.15) is 0 Å². The number of halogens is 1. The standard InChI is InChI=1S/C10H13.ClH.Ru/c1-8(2)10-6-4-5-9(3)7-10;;/h4-5,7-8H,1-3H3;1H;. The Morgan fingerprint density at radius 2 is 1.83 bits per heavy atom. The summed E-state index contributed by atoms with van der Waals surface area (Å²) in [5.74, 6) is 0.631. The van der Waals surface area contributed by atoms with Gasteiger partial charge in [-0.3, -0.25) is 0 Å². The molecule has 69 valence electrons. The van der Waals surface area contributed by atoms with Crippen molar-refractivity contribution in [2.45, 2.75) is 26.7 Å². The average molecular weight is 271 g/mol. The summed E-state index contributed by atoms with van der Waals surface area (Å²) in [4.78, 5) is 0. The van der Waals surface area contributed by atoms with E-state index in [1.165, 1.54) is 15.3 Å². The van der Waals surface area contributed by atoms with Crippen LogP contribution in [0.25, 0.3) is 0 Å². The molecule has 0 radical (unpaired) electrons. The van der Waals surface area contributed by atoms with Crippen LogP contribution in [0.15, 0.2) is 18.2 Å². The molecule has 0 atom stereocenters. The van der Waals surface area contributed by atoms with E-state index < -0.39 is 0 Å². The third-order valence-corrected chi connectivity index (χ3v) is 2.55. The maximum atomic E-state index is 2.68. The molecule has 0 aliphatic carbocycles. The van der Waals surface area contributed by atoms with Crippen molar-refractivity contribution in [3.8, 4) is 0 Å². The second-order valence-electron chi connectivity index (χ2n) is 3.17. The van der Waals surface area contributed by atoms with Gasteiger partial charge in [0.15, 0.2) is 0 Å². The quantitative estimate of drug-likeness (QED) is 0.689. The van der Waals surface area contributed by atoms with Gasteiger partial charge in [-0.1, -0.05) is 0 Å². The molecule has 1 aromatic rings. The third kappa shape index (κ3) is 2.88. The zero-order valence-electron chi connectivity index (χ0n) is 7.57. The van der Waals surface area contributed by atoms with E-state index in [4.69, 9.17) is 0 Å². The Morgan fingerprint density at radius 3 is 2.25 bits per heavy atom. The van der Waals surface area contributed by atoms with E-state index >= 15 is 0 Å². The monoisotopic (exact) mass is 271 g/mol. The summed E-state index contributed by atoms with van der Waals surface area (Å²) in [7, 11) is 0. The second kappa shape index (κ2) is 4.99. The normalized spacial score (nSPS) is 9.75. The second-order valence-corrected chi connectivity index (χ2v) is 4.10. The van der Waals surface area contributed by atoms with Crippen molar-refractivity contribution in [3.05, 3.63) is 29.3 Å². The first-order chi connectivity index (χ1) is 5.11. The van der Waals surface area contributed by atoms with Crippen molar-refractivity contribution in [2.75, 3.05) is 0 Å². The fraction of sp³-hybridized carbons (Fsp3) is 0.400. The summed E-state index contributed by atoms with van der Waals surface area (Å²) < 4.78 is 1.34. The molecule has 0 saturated heterocycles. The number of hydrogen-bond acceptors (Lipinski definition) is 0. The molecule has 0 aliphatic rings. The molecule has 0 nitrogen and oxygen atoms in total. The Bertz CT molecular complexity index is 256. The number of benzene rings is 1. The summed E-state index contributed by atoms with van der Waals surface area (Å²) in [6.45, 7) is 6.59. The molecule has 0 amide bonds. The summed E-state index contributed by atoms with van der Waals surface area (Å²) in [5.41, 5.74) is 2.80. The van der Waals surface area contributed by atoms with Crippen LogP contribution in [0.3, 0.4) is 0 Å². The van der Waals surface area contributed by atoms with Gasteiger partial charge in [0.1, 0.15) is 0 Å². The molecule has 1 aromatic carbocycles. The molecule has 0 aromatic heterocycles. The van der Waals surface area contributed by atoms with E-state index in [0.717, 1.165) is 0 Å². The smallest absolute Gasteiger partial charge is 0.147 e. The molecule has 2 heteroatoms. The first-order valence-electron chi connectivity index (χ1n) is 3.86. The van der Waals surface area contributed by atoms with Gasteiger partial charge in [0.05, 0.1) is 0 Å². The Kier molecular flexibility index (Phi) is 5.05. The van der Waals surface area contributed by atoms with E-state index in [9.17, 15) is 0 Å². The number of rotatable bonds is 1. The van der Waals surface area contributed by atoms with Crippen LogP contribution in [0.4, 0.5) is 0 Å². The van der Waals surface area contributed by atoms with Gasteiger partial charge in [0, 0.05) is 0 Å². The van der Waals surface area contributed by atoms with Crippen LogP contribution in [0.2, 0.25) is 0 Å². The molecule has 0 unspecified atom stereocenters. The molecular formula is C10H14ClRu. The zero-order chi connectivity index (χ0) is 8.43. The van der Waals surface area contributed by atoms with Crippen LogP contribution in [-0.2, 0) is 18.3 Å². The molecule has 0 spiro atoms. The van der Waals surface area contributed by atoms with Crippen LogP contribution in [-0.4, -0.2) is 0 Å². The molecule has 12 heavy (non-hydrogen) atoms. The minimum Gasteiger partial charge on any atom is -0.147 e. The minimum absolute atomic E-state index is 0. The molecule has 1 rings (SSSR count). The van der Waals surface area contributed by atoms with Crippen molar-refractivity contribution < 1.29 is 18.3 Å². The van der Waals surface area contributed by atoms with Crippen LogP contribution < -0.4 is 4.16 Å². The number of aryl methyl sites for hydroxylation is 1. The van der Waals surface area contributed by atoms with E-state index in [-0.39, 0.29) is 12.4 Å². The average Bonchev–Trinajstić information content (AvgIpc) is 1.94. The summed E-state index contributed by atoms with van der Waals surface area (Å²) >= 11 is 2.68. The molecule has 0 fully saturated rings. The predicted molar refractivity (Wildman–Crippen MR) is 52.2 cm³/mol. The van der Waals surface area contributed by atoms with Gasteiger partial charge in [-0.15, -0.1) is 12.4 Å². The maximum absolute atomic E-state index is 2.68. The molecule has 0 aliphatic heterocycles. The first-order valence-corrected chi connectivity index (χ1v) is 4.73. The molecule has 0 saturated carbocycles. The summed E-state index contributed by atoms with van der Waals surface area (Å²) in [5, 5.41) is 0. The third-order valence-electron chi connectivity index (χ3n) is 1.76. The van der Waals surface area contributed by atoms with Crippen LogP contribution >= 0.6 is 12.4 Å². The minimum atomic E-state index is 0. The Hall–Kier alpha value is 0.133. The van der Waals surface area contributed by atoms with Gasteiger partial charge >= 0.3 is 78.5 Å². The van der Waals surface area contributed by atoms with Crippen LogP contribution in [0.1, 0.15) is 30.9 Å². The van der Waals surface area contributed by atoms with Gasteiger partial charge in [-0.05, 0) is 0 Å². The van der Waals surface area contributed by atoms with E-state index in [1.54, 1.807) is 0 Å². The predicted octanol–water partition coefficient (Wildman–Crippen LogP) is 2.71. The topological polar surface area (TPSA) is 0 Å². The van der Waals surface area contributed by atoms with E-state index in [0.29, 0.717) is 5.92 Å². The fourth-order valence-electron chi connectivity index (χ4n) is 1.09. The molecular weight excluding hydrogens is 257 g/mol. The summed E-state index contributed by atoms with van der Waals surface area (Å²) in [6, 6.07) is 6.58. The van der Waals surface area contributed by atoms with Gasteiger partial charge in [-0.25, -0.2) is 0 Å². The Balaban J connectivity index is 0.00000121. The number of hydrogen-bond donors (Lipinski definition) is 0. The van der Waals surface area contributed by atoms with Crippen molar-refractivity contribution in [3.63, 3.8) is 0 Å². The van der Waals surface area contributed by atoms with Crippen LogP contribution in [0, 0.1) is 6.92 Å². The van der Waals surface area contributed by atoms with Gasteiger partial charge in [0.2, 0.25) is 0 Å². The zero-order valence-corrected chi connectivity index (χ0v) is 10.1. The molecule has 0 heterocycles. The van der Waals surface area contributed by atoms with E-state index in [2.05, 4.69) is 57.3 Å². The van der Waals surface area contributed by atoms with Crippen molar-refractivity contribution in [1.29, 1.82) is 0 Å². The summed E-state index contributed by atoms with van der Waals surface area (Å²) in [6.07, 6.45) is 0. The SMILES string of the molecule is Cc1cc[c]([Ru])c(C(C)C)c1.Cl. The van der Waals surface area contributed by atoms with Crippen LogP contribution in [0.5, 0.6) is 0 Å². The van der Waals surface area contributed by atoms with Gasteiger partial charge < -0.3 is 0 Å². The van der Waals surface area contributed by atoms with Crippen molar-refractivity contribution >= 4 is 16.6 Å². The fourth-order valence-corrected chi connectivity index (χ4v) is 1.87. The molecule has 0 N–H and O–H groups in total.